The number of methoxy groups -OCH3 is 1. The molecule has 2 aliphatic heterocycles. The molecule has 146 valence electrons. The van der Waals surface area contributed by atoms with Crippen LogP contribution < -0.4 is 4.74 Å². The lowest BCUT2D eigenvalue weighted by Gasteiger charge is -2.44. The van der Waals surface area contributed by atoms with Crippen LogP contribution in [-0.2, 0) is 22.5 Å². The number of esters is 1. The number of likely N-dealkylation sites (tertiary alicyclic amines) is 1. The Labute approximate surface area is 166 Å². The van der Waals surface area contributed by atoms with Crippen LogP contribution in [0.25, 0.3) is 6.08 Å². The second-order valence-corrected chi connectivity index (χ2v) is 7.77. The summed E-state index contributed by atoms with van der Waals surface area (Å²) in [6.07, 6.45) is 7.47. The molecule has 2 aromatic carbocycles. The van der Waals surface area contributed by atoms with Gasteiger partial charge in [-0.2, -0.15) is 0 Å². The largest absolute Gasteiger partial charge is 0.487 e. The minimum absolute atomic E-state index is 0.0242. The van der Waals surface area contributed by atoms with Gasteiger partial charge in [0.15, 0.2) is 0 Å². The monoisotopic (exact) mass is 377 g/mol. The molecule has 4 rings (SSSR count). The Morgan fingerprint density at radius 1 is 1.14 bits per heavy atom. The van der Waals surface area contributed by atoms with Crippen LogP contribution in [0.1, 0.15) is 36.0 Å². The zero-order valence-corrected chi connectivity index (χ0v) is 16.4. The van der Waals surface area contributed by atoms with Gasteiger partial charge in [-0.15, -0.1) is 0 Å². The highest BCUT2D eigenvalue weighted by molar-refractivity contribution is 5.87. The number of benzene rings is 2. The van der Waals surface area contributed by atoms with Crippen LogP contribution in [0, 0.1) is 0 Å². The van der Waals surface area contributed by atoms with Gasteiger partial charge in [0, 0.05) is 25.7 Å². The smallest absolute Gasteiger partial charge is 0.330 e. The van der Waals surface area contributed by atoms with Crippen LogP contribution >= 0.6 is 0 Å². The van der Waals surface area contributed by atoms with Gasteiger partial charge in [-0.25, -0.2) is 4.79 Å². The van der Waals surface area contributed by atoms with Crippen molar-refractivity contribution in [3.8, 4) is 5.75 Å². The van der Waals surface area contributed by atoms with Gasteiger partial charge in [0.1, 0.15) is 11.4 Å². The maximum absolute atomic E-state index is 11.3. The third-order valence-electron chi connectivity index (χ3n) is 5.89. The standard InChI is InChI=1S/C24H27NO3/c1-27-23(26)10-8-19-7-9-22-21(17-19)11-12-24(28-22)13-15-25(16-14-24)18-20-5-3-2-4-6-20/h2-10,17H,11-16,18H2,1H3/b10-8+. The number of fused-ring (bicyclic) bond motifs is 1. The third-order valence-corrected chi connectivity index (χ3v) is 5.89. The van der Waals surface area contributed by atoms with Crippen molar-refractivity contribution in [3.05, 3.63) is 71.3 Å². The van der Waals surface area contributed by atoms with Crippen molar-refractivity contribution in [3.63, 3.8) is 0 Å². The average Bonchev–Trinajstić information content (AvgIpc) is 2.74. The number of piperidine rings is 1. The second kappa shape index (κ2) is 8.19. The zero-order valence-electron chi connectivity index (χ0n) is 16.4. The van der Waals surface area contributed by atoms with E-state index in [2.05, 4.69) is 46.0 Å². The molecule has 4 heteroatoms. The molecule has 0 unspecified atom stereocenters. The number of hydrogen-bond donors (Lipinski definition) is 0. The fourth-order valence-electron chi connectivity index (χ4n) is 4.19. The van der Waals surface area contributed by atoms with E-state index in [9.17, 15) is 4.79 Å². The van der Waals surface area contributed by atoms with E-state index in [1.165, 1.54) is 24.3 Å². The van der Waals surface area contributed by atoms with Gasteiger partial charge >= 0.3 is 5.97 Å². The Morgan fingerprint density at radius 2 is 1.93 bits per heavy atom. The molecule has 1 fully saturated rings. The predicted octanol–water partition coefficient (Wildman–Crippen LogP) is 4.23. The summed E-state index contributed by atoms with van der Waals surface area (Å²) < 4.78 is 11.2. The molecule has 0 N–H and O–H groups in total. The second-order valence-electron chi connectivity index (χ2n) is 7.77. The Morgan fingerprint density at radius 3 is 2.68 bits per heavy atom. The minimum Gasteiger partial charge on any atom is -0.487 e. The fourth-order valence-corrected chi connectivity index (χ4v) is 4.19. The molecule has 2 aromatic rings. The summed E-state index contributed by atoms with van der Waals surface area (Å²) in [5, 5.41) is 0. The van der Waals surface area contributed by atoms with Crippen molar-refractivity contribution in [2.24, 2.45) is 0 Å². The van der Waals surface area contributed by atoms with E-state index in [0.717, 1.165) is 56.6 Å². The lowest BCUT2D eigenvalue weighted by Crippen LogP contribution is -2.49. The van der Waals surface area contributed by atoms with Gasteiger partial charge in [0.25, 0.3) is 0 Å². The molecular formula is C24H27NO3. The SMILES string of the molecule is COC(=O)/C=C/c1ccc2c(c1)CCC1(CCN(Cc3ccccc3)CC1)O2. The molecule has 2 aliphatic rings. The lowest BCUT2D eigenvalue weighted by molar-refractivity contribution is -0.134. The van der Waals surface area contributed by atoms with Gasteiger partial charge in [0.05, 0.1) is 7.11 Å². The number of nitrogens with zero attached hydrogens (tertiary/aromatic N) is 1. The predicted molar refractivity (Wildman–Crippen MR) is 110 cm³/mol. The summed E-state index contributed by atoms with van der Waals surface area (Å²) in [5.41, 5.74) is 3.58. The maximum atomic E-state index is 11.3. The topological polar surface area (TPSA) is 38.8 Å². The summed E-state index contributed by atoms with van der Waals surface area (Å²) in [6, 6.07) is 16.8. The van der Waals surface area contributed by atoms with Crippen molar-refractivity contribution in [1.82, 2.24) is 4.90 Å². The zero-order chi connectivity index (χ0) is 19.4. The highest BCUT2D eigenvalue weighted by Crippen LogP contribution is 2.40. The van der Waals surface area contributed by atoms with Gasteiger partial charge in [-0.05, 0) is 60.6 Å². The van der Waals surface area contributed by atoms with E-state index in [1.807, 2.05) is 12.1 Å². The van der Waals surface area contributed by atoms with E-state index in [4.69, 9.17) is 4.74 Å². The van der Waals surface area contributed by atoms with Gasteiger partial charge in [-0.3, -0.25) is 4.90 Å². The van der Waals surface area contributed by atoms with Crippen molar-refractivity contribution in [2.75, 3.05) is 20.2 Å². The van der Waals surface area contributed by atoms with E-state index < -0.39 is 0 Å². The van der Waals surface area contributed by atoms with Crippen molar-refractivity contribution < 1.29 is 14.3 Å². The Balaban J connectivity index is 1.38. The fraction of sp³-hybridized carbons (Fsp3) is 0.375. The van der Waals surface area contributed by atoms with Crippen LogP contribution in [0.3, 0.4) is 0 Å². The summed E-state index contributed by atoms with van der Waals surface area (Å²) in [6.45, 7) is 3.16. The number of carbonyl (C=O) groups is 1. The van der Waals surface area contributed by atoms with Crippen LogP contribution in [0.15, 0.2) is 54.6 Å². The molecule has 4 nitrogen and oxygen atoms in total. The molecule has 1 saturated heterocycles. The molecule has 0 aromatic heterocycles. The maximum Gasteiger partial charge on any atom is 0.330 e. The highest BCUT2D eigenvalue weighted by atomic mass is 16.5. The van der Waals surface area contributed by atoms with E-state index in [1.54, 1.807) is 6.08 Å². The first kappa shape index (κ1) is 18.8. The summed E-state index contributed by atoms with van der Waals surface area (Å²) >= 11 is 0. The number of ether oxygens (including phenoxy) is 2. The molecule has 2 heterocycles. The van der Waals surface area contributed by atoms with E-state index >= 15 is 0 Å². The third kappa shape index (κ3) is 4.28. The number of aryl methyl sites for hydroxylation is 1. The molecule has 0 radical (unpaired) electrons. The molecule has 0 atom stereocenters. The van der Waals surface area contributed by atoms with E-state index in [0.29, 0.717) is 0 Å². The quantitative estimate of drug-likeness (QED) is 0.590. The molecular weight excluding hydrogens is 350 g/mol. The van der Waals surface area contributed by atoms with Gasteiger partial charge in [-0.1, -0.05) is 36.4 Å². The first-order valence-electron chi connectivity index (χ1n) is 10.0. The molecule has 0 bridgehead atoms. The van der Waals surface area contributed by atoms with Gasteiger partial charge in [0.2, 0.25) is 0 Å². The molecule has 28 heavy (non-hydrogen) atoms. The molecule has 0 aliphatic carbocycles. The first-order valence-corrected chi connectivity index (χ1v) is 10.0. The summed E-state index contributed by atoms with van der Waals surface area (Å²) in [4.78, 5) is 13.8. The van der Waals surface area contributed by atoms with Crippen LogP contribution in [0.2, 0.25) is 0 Å². The van der Waals surface area contributed by atoms with Crippen molar-refractivity contribution in [1.29, 1.82) is 0 Å². The van der Waals surface area contributed by atoms with Crippen molar-refractivity contribution in [2.45, 2.75) is 37.8 Å². The number of rotatable bonds is 4. The molecule has 1 spiro atoms. The first-order chi connectivity index (χ1) is 13.7. The molecule has 0 saturated carbocycles. The number of hydrogen-bond acceptors (Lipinski definition) is 4. The number of carbonyl (C=O) groups excluding carboxylic acids is 1. The summed E-state index contributed by atoms with van der Waals surface area (Å²) in [7, 11) is 1.39. The Hall–Kier alpha value is -2.59. The normalized spacial score (nSPS) is 18.6. The molecule has 0 amide bonds. The van der Waals surface area contributed by atoms with Crippen LogP contribution in [-0.4, -0.2) is 36.7 Å². The van der Waals surface area contributed by atoms with Gasteiger partial charge < -0.3 is 9.47 Å². The average molecular weight is 377 g/mol. The summed E-state index contributed by atoms with van der Waals surface area (Å²) in [5.74, 6) is 0.660. The van der Waals surface area contributed by atoms with Crippen molar-refractivity contribution >= 4 is 12.0 Å². The Bertz CT molecular complexity index is 851. The van der Waals surface area contributed by atoms with Crippen LogP contribution in [0.4, 0.5) is 0 Å². The van der Waals surface area contributed by atoms with Crippen LogP contribution in [0.5, 0.6) is 5.75 Å². The Kier molecular flexibility index (Phi) is 5.49. The minimum atomic E-state index is -0.338. The van der Waals surface area contributed by atoms with E-state index in [-0.39, 0.29) is 11.6 Å². The highest BCUT2D eigenvalue weighted by Gasteiger charge is 2.39. The lowest BCUT2D eigenvalue weighted by atomic mass is 9.82.